The van der Waals surface area contributed by atoms with Gasteiger partial charge in [0.15, 0.2) is 12.3 Å². The van der Waals surface area contributed by atoms with Crippen LogP contribution in [0.5, 0.6) is 0 Å². The number of terminal acetylenes is 1. The predicted octanol–water partition coefficient (Wildman–Crippen LogP) is -0.165. The van der Waals surface area contributed by atoms with Gasteiger partial charge in [0.1, 0.15) is 23.9 Å². The van der Waals surface area contributed by atoms with Crippen molar-refractivity contribution in [2.45, 2.75) is 37.9 Å². The highest BCUT2D eigenvalue weighted by molar-refractivity contribution is 5.86. The standard InChI is InChI=1S/C17H20N4O5/c1-4-17(24)12(26-15(23)9(2)3)11(7-22)25-16(17)21-6-5-10-13(18)19-8-20-14(10)21/h1,5-6,8-9,11-12,16,22,24H,7H2,2-3H3,(H2,18,19,20). The lowest BCUT2D eigenvalue weighted by Gasteiger charge is -2.29. The molecular formula is C17H20N4O5. The van der Waals surface area contributed by atoms with Gasteiger partial charge in [0.25, 0.3) is 0 Å². The van der Waals surface area contributed by atoms with Gasteiger partial charge in [-0.15, -0.1) is 6.42 Å². The molecule has 2 aromatic rings. The highest BCUT2D eigenvalue weighted by atomic mass is 16.6. The van der Waals surface area contributed by atoms with Crippen molar-refractivity contribution in [2.24, 2.45) is 5.92 Å². The maximum absolute atomic E-state index is 12.0. The van der Waals surface area contributed by atoms with E-state index >= 15 is 0 Å². The maximum Gasteiger partial charge on any atom is 0.308 e. The van der Waals surface area contributed by atoms with Crippen LogP contribution in [0.4, 0.5) is 5.82 Å². The molecule has 9 nitrogen and oxygen atoms in total. The van der Waals surface area contributed by atoms with E-state index in [0.717, 1.165) is 0 Å². The Kier molecular flexibility index (Phi) is 4.58. The molecule has 2 aromatic heterocycles. The van der Waals surface area contributed by atoms with Crippen LogP contribution in [0, 0.1) is 18.3 Å². The van der Waals surface area contributed by atoms with Crippen LogP contribution < -0.4 is 5.73 Å². The lowest BCUT2D eigenvalue weighted by atomic mass is 9.94. The van der Waals surface area contributed by atoms with E-state index in [4.69, 9.17) is 21.6 Å². The van der Waals surface area contributed by atoms with Crippen molar-refractivity contribution in [2.75, 3.05) is 12.3 Å². The quantitative estimate of drug-likeness (QED) is 0.506. The van der Waals surface area contributed by atoms with Gasteiger partial charge in [-0.05, 0) is 6.07 Å². The van der Waals surface area contributed by atoms with E-state index in [-0.39, 0.29) is 5.82 Å². The number of carbonyl (C=O) groups excluding carboxylic acids is 1. The monoisotopic (exact) mass is 360 g/mol. The van der Waals surface area contributed by atoms with Crippen LogP contribution in [0.15, 0.2) is 18.6 Å². The Balaban J connectivity index is 2.06. The first-order valence-corrected chi connectivity index (χ1v) is 8.07. The highest BCUT2D eigenvalue weighted by Gasteiger charge is 2.58. The summed E-state index contributed by atoms with van der Waals surface area (Å²) in [6, 6.07) is 1.66. The topological polar surface area (TPSA) is 133 Å². The molecule has 4 atom stereocenters. The molecule has 0 amide bonds. The summed E-state index contributed by atoms with van der Waals surface area (Å²) in [6.07, 6.45) is 5.06. The van der Waals surface area contributed by atoms with Gasteiger partial charge in [0.05, 0.1) is 17.9 Å². The second-order valence-electron chi connectivity index (χ2n) is 6.41. The molecule has 0 bridgehead atoms. The van der Waals surface area contributed by atoms with Crippen LogP contribution in [-0.2, 0) is 14.3 Å². The first kappa shape index (κ1) is 18.1. The summed E-state index contributed by atoms with van der Waals surface area (Å²) in [6.45, 7) is 2.81. The summed E-state index contributed by atoms with van der Waals surface area (Å²) < 4.78 is 12.6. The minimum Gasteiger partial charge on any atom is -0.455 e. The number of carbonyl (C=O) groups is 1. The lowest BCUT2D eigenvalue weighted by Crippen LogP contribution is -2.48. The third-order valence-electron chi connectivity index (χ3n) is 4.37. The Labute approximate surface area is 149 Å². The molecular weight excluding hydrogens is 340 g/mol. The number of fused-ring (bicyclic) bond motifs is 1. The first-order valence-electron chi connectivity index (χ1n) is 8.07. The van der Waals surface area contributed by atoms with Crippen LogP contribution in [-0.4, -0.2) is 55.1 Å². The van der Waals surface area contributed by atoms with Crippen molar-refractivity contribution in [1.29, 1.82) is 0 Å². The van der Waals surface area contributed by atoms with E-state index < -0.39 is 42.5 Å². The number of aliphatic hydroxyl groups excluding tert-OH is 1. The number of nitrogens with two attached hydrogens (primary N) is 1. The number of esters is 1. The molecule has 1 aliphatic heterocycles. The molecule has 1 saturated heterocycles. The summed E-state index contributed by atoms with van der Waals surface area (Å²) in [5.41, 5.74) is 4.21. The molecule has 1 fully saturated rings. The van der Waals surface area contributed by atoms with Gasteiger partial charge in [0, 0.05) is 6.20 Å². The van der Waals surface area contributed by atoms with E-state index in [0.29, 0.717) is 11.0 Å². The molecule has 9 heteroatoms. The predicted molar refractivity (Wildman–Crippen MR) is 91.4 cm³/mol. The van der Waals surface area contributed by atoms with Crippen molar-refractivity contribution in [3.63, 3.8) is 0 Å². The van der Waals surface area contributed by atoms with Crippen LogP contribution in [0.25, 0.3) is 11.0 Å². The summed E-state index contributed by atoms with van der Waals surface area (Å²) in [5.74, 6) is 1.53. The van der Waals surface area contributed by atoms with Gasteiger partial charge < -0.3 is 30.0 Å². The third kappa shape index (κ3) is 2.68. The van der Waals surface area contributed by atoms with E-state index in [1.165, 1.54) is 10.9 Å². The number of ether oxygens (including phenoxy) is 2. The summed E-state index contributed by atoms with van der Waals surface area (Å²) in [4.78, 5) is 20.1. The van der Waals surface area contributed by atoms with E-state index in [1.54, 1.807) is 26.1 Å². The number of nitrogen functional groups attached to an aromatic ring is 1. The van der Waals surface area contributed by atoms with Gasteiger partial charge in [-0.25, -0.2) is 9.97 Å². The maximum atomic E-state index is 12.0. The second-order valence-corrected chi connectivity index (χ2v) is 6.41. The van der Waals surface area contributed by atoms with Gasteiger partial charge in [0.2, 0.25) is 5.60 Å². The zero-order valence-electron chi connectivity index (χ0n) is 14.4. The van der Waals surface area contributed by atoms with Gasteiger partial charge in [-0.3, -0.25) is 4.79 Å². The SMILES string of the molecule is C#CC1(O)C(OC(=O)C(C)C)C(CO)OC1n1ccc2c(N)ncnc21. The molecule has 0 spiro atoms. The van der Waals surface area contributed by atoms with Crippen molar-refractivity contribution in [3.8, 4) is 12.3 Å². The normalized spacial score (nSPS) is 28.4. The minimum absolute atomic E-state index is 0.262. The number of rotatable bonds is 4. The Morgan fingerprint density at radius 3 is 2.92 bits per heavy atom. The van der Waals surface area contributed by atoms with E-state index in [1.807, 2.05) is 0 Å². The van der Waals surface area contributed by atoms with Gasteiger partial charge in [-0.2, -0.15) is 0 Å². The molecule has 0 aromatic carbocycles. The highest BCUT2D eigenvalue weighted by Crippen LogP contribution is 2.41. The van der Waals surface area contributed by atoms with Crippen LogP contribution in [0.2, 0.25) is 0 Å². The minimum atomic E-state index is -2.01. The number of nitrogens with zero attached hydrogens (tertiary/aromatic N) is 3. The molecule has 4 unspecified atom stereocenters. The molecule has 3 heterocycles. The van der Waals surface area contributed by atoms with Gasteiger partial charge in [-0.1, -0.05) is 19.8 Å². The lowest BCUT2D eigenvalue weighted by molar-refractivity contribution is -0.164. The molecule has 0 radical (unpaired) electrons. The third-order valence-corrected chi connectivity index (χ3v) is 4.37. The van der Waals surface area contributed by atoms with Crippen LogP contribution >= 0.6 is 0 Å². The largest absolute Gasteiger partial charge is 0.455 e. The molecule has 138 valence electrons. The van der Waals surface area contributed by atoms with Crippen molar-refractivity contribution in [1.82, 2.24) is 14.5 Å². The number of aliphatic hydroxyl groups is 2. The van der Waals surface area contributed by atoms with Crippen molar-refractivity contribution < 1.29 is 24.5 Å². The fourth-order valence-corrected chi connectivity index (χ4v) is 2.94. The van der Waals surface area contributed by atoms with E-state index in [9.17, 15) is 15.0 Å². The fraction of sp³-hybridized carbons (Fsp3) is 0.471. The average Bonchev–Trinajstić information content (AvgIpc) is 3.16. The Hall–Kier alpha value is -2.67. The smallest absolute Gasteiger partial charge is 0.308 e. The summed E-state index contributed by atoms with van der Waals surface area (Å²) >= 11 is 0. The van der Waals surface area contributed by atoms with Crippen molar-refractivity contribution >= 4 is 22.8 Å². The molecule has 4 N–H and O–H groups in total. The van der Waals surface area contributed by atoms with Crippen molar-refractivity contribution in [3.05, 3.63) is 18.6 Å². The molecule has 0 saturated carbocycles. The Bertz CT molecular complexity index is 874. The number of hydrogen-bond acceptors (Lipinski definition) is 8. The molecule has 3 rings (SSSR count). The average molecular weight is 360 g/mol. The van der Waals surface area contributed by atoms with Crippen LogP contribution in [0.3, 0.4) is 0 Å². The number of aromatic nitrogens is 3. The zero-order chi connectivity index (χ0) is 19.1. The second kappa shape index (κ2) is 6.57. The Morgan fingerprint density at radius 2 is 2.31 bits per heavy atom. The van der Waals surface area contributed by atoms with E-state index in [2.05, 4.69) is 15.9 Å². The molecule has 1 aliphatic rings. The van der Waals surface area contributed by atoms with Crippen LogP contribution in [0.1, 0.15) is 20.1 Å². The summed E-state index contributed by atoms with van der Waals surface area (Å²) in [5, 5.41) is 21.3. The van der Waals surface area contributed by atoms with Gasteiger partial charge >= 0.3 is 5.97 Å². The number of anilines is 1. The fourth-order valence-electron chi connectivity index (χ4n) is 2.94. The first-order chi connectivity index (χ1) is 12.3. The zero-order valence-corrected chi connectivity index (χ0v) is 14.4. The molecule has 26 heavy (non-hydrogen) atoms. The molecule has 0 aliphatic carbocycles. The Morgan fingerprint density at radius 1 is 1.58 bits per heavy atom. The summed E-state index contributed by atoms with van der Waals surface area (Å²) in [7, 11) is 0. The number of hydrogen-bond donors (Lipinski definition) is 3.